The van der Waals surface area contributed by atoms with Gasteiger partial charge in [-0.25, -0.2) is 9.97 Å². The minimum atomic E-state index is -4.14. The molecule has 3 rings (SSSR count). The summed E-state index contributed by atoms with van der Waals surface area (Å²) < 4.78 is 37.6. The Morgan fingerprint density at radius 2 is 2.00 bits per heavy atom. The summed E-state index contributed by atoms with van der Waals surface area (Å²) in [4.78, 5) is 23.0. The number of carbonyl (C=O) groups excluding carboxylic acids is 1. The highest BCUT2D eigenvalue weighted by Crippen LogP contribution is 2.44. The Balaban J connectivity index is 1.62. The Morgan fingerprint density at radius 1 is 1.31 bits per heavy atom. The summed E-state index contributed by atoms with van der Waals surface area (Å²) in [5.41, 5.74) is 7.56. The normalized spacial score (nSPS) is 25.9. The van der Waals surface area contributed by atoms with Gasteiger partial charge in [0.2, 0.25) is 5.82 Å². The molecule has 0 aromatic carbocycles. The molecule has 0 bridgehead atoms. The first-order valence-electron chi connectivity index (χ1n) is 8.85. The van der Waals surface area contributed by atoms with E-state index in [1.54, 1.807) is 0 Å². The van der Waals surface area contributed by atoms with Gasteiger partial charge in [0.1, 0.15) is 5.82 Å². The number of anilines is 1. The molecule has 0 spiro atoms. The quantitative estimate of drug-likeness (QED) is 0.845. The number of nitrogens with one attached hydrogen (secondary N) is 1. The first kappa shape index (κ1) is 18.9. The van der Waals surface area contributed by atoms with Gasteiger partial charge >= 0.3 is 6.18 Å². The largest absolute Gasteiger partial charge is 0.391 e. The molecule has 1 saturated carbocycles. The summed E-state index contributed by atoms with van der Waals surface area (Å²) in [7, 11) is 0. The third-order valence-corrected chi connectivity index (χ3v) is 5.34. The van der Waals surface area contributed by atoms with Crippen LogP contribution in [0.4, 0.5) is 19.0 Å². The van der Waals surface area contributed by atoms with Gasteiger partial charge in [0.05, 0.1) is 5.92 Å². The van der Waals surface area contributed by atoms with Crippen LogP contribution in [0, 0.1) is 25.7 Å². The monoisotopic (exact) mass is 371 g/mol. The molecule has 1 aromatic heterocycles. The first-order valence-corrected chi connectivity index (χ1v) is 8.85. The van der Waals surface area contributed by atoms with E-state index in [9.17, 15) is 18.0 Å². The molecule has 1 aliphatic heterocycles. The molecule has 1 aliphatic carbocycles. The van der Waals surface area contributed by atoms with Gasteiger partial charge in [-0.2, -0.15) is 13.2 Å². The fourth-order valence-electron chi connectivity index (χ4n) is 3.49. The van der Waals surface area contributed by atoms with Crippen LogP contribution in [-0.4, -0.2) is 47.7 Å². The van der Waals surface area contributed by atoms with Crippen molar-refractivity contribution in [1.29, 1.82) is 0 Å². The zero-order valence-corrected chi connectivity index (χ0v) is 14.9. The van der Waals surface area contributed by atoms with Crippen molar-refractivity contribution in [2.75, 3.05) is 24.5 Å². The first-order chi connectivity index (χ1) is 12.1. The Morgan fingerprint density at radius 3 is 2.58 bits per heavy atom. The van der Waals surface area contributed by atoms with E-state index in [-0.39, 0.29) is 37.2 Å². The Kier molecular flexibility index (Phi) is 5.09. The summed E-state index contributed by atoms with van der Waals surface area (Å²) in [6, 6.07) is 0.0853. The summed E-state index contributed by atoms with van der Waals surface area (Å²) >= 11 is 0. The van der Waals surface area contributed by atoms with E-state index in [1.165, 1.54) is 0 Å². The lowest BCUT2D eigenvalue weighted by molar-refractivity contribution is -0.203. The molecule has 1 amide bonds. The lowest BCUT2D eigenvalue weighted by Gasteiger charge is -2.36. The number of rotatable bonds is 4. The van der Waals surface area contributed by atoms with Crippen LogP contribution in [-0.2, 0) is 0 Å². The van der Waals surface area contributed by atoms with Gasteiger partial charge in [0.25, 0.3) is 5.91 Å². The average molecular weight is 371 g/mol. The topological polar surface area (TPSA) is 84.1 Å². The van der Waals surface area contributed by atoms with Crippen molar-refractivity contribution in [3.63, 3.8) is 0 Å². The SMILES string of the molecule is Cc1nc(C(=O)NCC2CC(C(F)(F)F)C2)nc(N2CC[C@@H](N)C2)c1C. The van der Waals surface area contributed by atoms with Crippen molar-refractivity contribution in [1.82, 2.24) is 15.3 Å². The number of hydrogen-bond donors (Lipinski definition) is 2. The number of aryl methyl sites for hydroxylation is 1. The van der Waals surface area contributed by atoms with Gasteiger partial charge < -0.3 is 16.0 Å². The molecule has 144 valence electrons. The number of amides is 1. The number of halogens is 3. The second-order valence-electron chi connectivity index (χ2n) is 7.36. The highest BCUT2D eigenvalue weighted by molar-refractivity contribution is 5.91. The van der Waals surface area contributed by atoms with Crippen LogP contribution in [0.3, 0.4) is 0 Å². The van der Waals surface area contributed by atoms with Crippen molar-refractivity contribution in [2.45, 2.75) is 45.3 Å². The third kappa shape index (κ3) is 3.92. The maximum atomic E-state index is 12.5. The van der Waals surface area contributed by atoms with Crippen LogP contribution in [0.2, 0.25) is 0 Å². The fourth-order valence-corrected chi connectivity index (χ4v) is 3.49. The molecule has 1 saturated heterocycles. The predicted octanol–water partition coefficient (Wildman–Crippen LogP) is 1.95. The van der Waals surface area contributed by atoms with Gasteiger partial charge in [0.15, 0.2) is 0 Å². The highest BCUT2D eigenvalue weighted by atomic mass is 19.4. The minimum Gasteiger partial charge on any atom is -0.355 e. The zero-order chi connectivity index (χ0) is 19.1. The Hall–Kier alpha value is -1.90. The average Bonchev–Trinajstić information content (AvgIpc) is 2.93. The minimum absolute atomic E-state index is 0.0512. The van der Waals surface area contributed by atoms with Crippen LogP contribution < -0.4 is 16.0 Å². The molecule has 1 aromatic rings. The second-order valence-corrected chi connectivity index (χ2v) is 7.36. The lowest BCUT2D eigenvalue weighted by atomic mass is 9.74. The Labute approximate surface area is 150 Å². The number of nitrogens with two attached hydrogens (primary N) is 1. The van der Waals surface area contributed by atoms with Gasteiger partial charge in [0, 0.05) is 36.9 Å². The molecular formula is C17H24F3N5O. The van der Waals surface area contributed by atoms with E-state index in [2.05, 4.69) is 15.3 Å². The van der Waals surface area contributed by atoms with Crippen LogP contribution in [0.5, 0.6) is 0 Å². The molecular weight excluding hydrogens is 347 g/mol. The highest BCUT2D eigenvalue weighted by Gasteiger charge is 2.47. The van der Waals surface area contributed by atoms with Crippen LogP contribution >= 0.6 is 0 Å². The summed E-state index contributed by atoms with van der Waals surface area (Å²) in [6.45, 7) is 5.39. The number of carbonyl (C=O) groups is 1. The van der Waals surface area contributed by atoms with Crippen LogP contribution in [0.1, 0.15) is 41.1 Å². The van der Waals surface area contributed by atoms with Crippen molar-refractivity contribution >= 4 is 11.7 Å². The molecule has 2 aliphatic rings. The van der Waals surface area contributed by atoms with Gasteiger partial charge in [-0.15, -0.1) is 0 Å². The van der Waals surface area contributed by atoms with Crippen molar-refractivity contribution in [2.24, 2.45) is 17.6 Å². The summed E-state index contributed by atoms with van der Waals surface area (Å²) in [6.07, 6.45) is -3.14. The molecule has 6 nitrogen and oxygen atoms in total. The lowest BCUT2D eigenvalue weighted by Crippen LogP contribution is -2.42. The number of hydrogen-bond acceptors (Lipinski definition) is 5. The molecule has 0 radical (unpaired) electrons. The summed E-state index contributed by atoms with van der Waals surface area (Å²) in [5.74, 6) is -1.08. The molecule has 1 atom stereocenters. The fraction of sp³-hybridized carbons (Fsp3) is 0.706. The van der Waals surface area contributed by atoms with Gasteiger partial charge in [-0.05, 0) is 39.0 Å². The number of nitrogens with zero attached hydrogens (tertiary/aromatic N) is 3. The predicted molar refractivity (Wildman–Crippen MR) is 90.9 cm³/mol. The van der Waals surface area contributed by atoms with Gasteiger partial charge in [-0.3, -0.25) is 4.79 Å². The van der Waals surface area contributed by atoms with E-state index in [0.717, 1.165) is 18.5 Å². The number of alkyl halides is 3. The molecule has 2 fully saturated rings. The third-order valence-electron chi connectivity index (χ3n) is 5.34. The Bertz CT molecular complexity index is 688. The molecule has 3 N–H and O–H groups in total. The van der Waals surface area contributed by atoms with E-state index in [4.69, 9.17) is 5.73 Å². The van der Waals surface area contributed by atoms with Crippen LogP contribution in [0.25, 0.3) is 0 Å². The number of aromatic nitrogens is 2. The van der Waals surface area contributed by atoms with Gasteiger partial charge in [-0.1, -0.05) is 0 Å². The zero-order valence-electron chi connectivity index (χ0n) is 14.9. The van der Waals surface area contributed by atoms with Crippen molar-refractivity contribution < 1.29 is 18.0 Å². The maximum absolute atomic E-state index is 12.5. The van der Waals surface area contributed by atoms with E-state index in [1.807, 2.05) is 18.7 Å². The van der Waals surface area contributed by atoms with Crippen molar-refractivity contribution in [3.8, 4) is 0 Å². The molecule has 2 heterocycles. The molecule has 9 heteroatoms. The molecule has 0 unspecified atom stereocenters. The second kappa shape index (κ2) is 7.02. The standard InChI is InChI=1S/C17H24F3N5O/c1-9-10(2)23-14(24-15(9)25-4-3-13(21)8-25)16(26)22-7-11-5-12(6-11)17(18,19)20/h11-13H,3-8,21H2,1-2H3,(H,22,26)/t11?,12?,13-/m1/s1. The summed E-state index contributed by atoms with van der Waals surface area (Å²) in [5, 5.41) is 2.67. The van der Waals surface area contributed by atoms with E-state index in [0.29, 0.717) is 18.1 Å². The van der Waals surface area contributed by atoms with E-state index < -0.39 is 18.0 Å². The van der Waals surface area contributed by atoms with Crippen LogP contribution in [0.15, 0.2) is 0 Å². The van der Waals surface area contributed by atoms with Crippen molar-refractivity contribution in [3.05, 3.63) is 17.1 Å². The smallest absolute Gasteiger partial charge is 0.355 e. The molecule has 26 heavy (non-hydrogen) atoms. The maximum Gasteiger partial charge on any atom is 0.391 e. The van der Waals surface area contributed by atoms with E-state index >= 15 is 0 Å².